The van der Waals surface area contributed by atoms with Gasteiger partial charge in [0.2, 0.25) is 5.16 Å². The van der Waals surface area contributed by atoms with E-state index in [2.05, 4.69) is 61.9 Å². The predicted octanol–water partition coefficient (Wildman–Crippen LogP) is 4.14. The van der Waals surface area contributed by atoms with E-state index < -0.39 is 0 Å². The molecule has 0 unspecified atom stereocenters. The van der Waals surface area contributed by atoms with Crippen molar-refractivity contribution in [2.45, 2.75) is 31.7 Å². The number of hydrogen-bond acceptors (Lipinski definition) is 7. The van der Waals surface area contributed by atoms with Gasteiger partial charge in [-0.3, -0.25) is 0 Å². The Morgan fingerprint density at radius 1 is 1.23 bits per heavy atom. The summed E-state index contributed by atoms with van der Waals surface area (Å²) in [5, 5.41) is 15.8. The van der Waals surface area contributed by atoms with Crippen LogP contribution in [0.1, 0.15) is 23.1 Å². The maximum Gasteiger partial charge on any atom is 0.209 e. The Hall–Kier alpha value is -2.10. The van der Waals surface area contributed by atoms with Crippen molar-refractivity contribution in [1.82, 2.24) is 25.5 Å². The lowest BCUT2D eigenvalue weighted by Crippen LogP contribution is -2.15. The van der Waals surface area contributed by atoms with Crippen molar-refractivity contribution in [3.63, 3.8) is 0 Å². The molecule has 3 rings (SSSR count). The van der Waals surface area contributed by atoms with E-state index in [1.54, 1.807) is 23.6 Å². The van der Waals surface area contributed by atoms with Gasteiger partial charge >= 0.3 is 0 Å². The van der Waals surface area contributed by atoms with E-state index in [0.29, 0.717) is 6.61 Å². The van der Waals surface area contributed by atoms with E-state index in [1.807, 2.05) is 25.2 Å². The second-order valence-corrected chi connectivity index (χ2v) is 8.70. The summed E-state index contributed by atoms with van der Waals surface area (Å²) in [6.07, 6.45) is 1.02. The number of benzene rings is 2. The molecule has 160 valence electrons. The molecule has 0 fully saturated rings. The highest BCUT2D eigenvalue weighted by atomic mass is 79.9. The molecule has 0 spiro atoms. The number of aromatic nitrogens is 4. The number of ether oxygens (including phenoxy) is 2. The molecule has 1 N–H and O–H groups in total. The largest absolute Gasteiger partial charge is 0.493 e. The smallest absolute Gasteiger partial charge is 0.209 e. The van der Waals surface area contributed by atoms with Gasteiger partial charge in [-0.05, 0) is 75.1 Å². The first-order chi connectivity index (χ1) is 14.6. The fourth-order valence-corrected chi connectivity index (χ4v) is 4.27. The summed E-state index contributed by atoms with van der Waals surface area (Å²) in [5.41, 5.74) is 3.50. The molecular weight excluding hydrogens is 466 g/mol. The number of hydrogen-bond donors (Lipinski definition) is 1. The summed E-state index contributed by atoms with van der Waals surface area (Å²) in [4.78, 5) is 0. The molecule has 0 bridgehead atoms. The lowest BCUT2D eigenvalue weighted by Gasteiger charge is -2.15. The number of rotatable bonds is 11. The van der Waals surface area contributed by atoms with Crippen LogP contribution in [0.5, 0.6) is 11.5 Å². The van der Waals surface area contributed by atoms with Crippen molar-refractivity contribution in [2.24, 2.45) is 7.05 Å². The average Bonchev–Trinajstić information content (AvgIpc) is 3.15. The third-order valence-corrected chi connectivity index (χ3v) is 6.25. The van der Waals surface area contributed by atoms with Crippen LogP contribution in [0.25, 0.3) is 0 Å². The Kier molecular flexibility index (Phi) is 8.53. The lowest BCUT2D eigenvalue weighted by molar-refractivity contribution is 0.281. The van der Waals surface area contributed by atoms with Crippen molar-refractivity contribution in [2.75, 3.05) is 19.4 Å². The maximum atomic E-state index is 6.07. The minimum absolute atomic E-state index is 0.498. The van der Waals surface area contributed by atoms with Crippen molar-refractivity contribution in [3.05, 3.63) is 57.6 Å². The number of thioether (sulfide) groups is 1. The molecule has 0 saturated heterocycles. The number of nitrogens with one attached hydrogen (secondary N) is 1. The highest BCUT2D eigenvalue weighted by molar-refractivity contribution is 9.10. The van der Waals surface area contributed by atoms with Gasteiger partial charge in [-0.25, -0.2) is 4.68 Å². The van der Waals surface area contributed by atoms with E-state index >= 15 is 0 Å². The molecule has 0 amide bonds. The van der Waals surface area contributed by atoms with Gasteiger partial charge in [0.1, 0.15) is 6.61 Å². The summed E-state index contributed by atoms with van der Waals surface area (Å²) in [6.45, 7) is 4.24. The molecule has 1 heterocycles. The molecule has 0 radical (unpaired) electrons. The predicted molar refractivity (Wildman–Crippen MR) is 122 cm³/mol. The molecule has 9 heteroatoms. The molecule has 0 atom stereocenters. The second kappa shape index (κ2) is 11.3. The van der Waals surface area contributed by atoms with Crippen molar-refractivity contribution in [1.29, 1.82) is 0 Å². The molecule has 3 aromatic rings. The van der Waals surface area contributed by atoms with Crippen LogP contribution in [0.15, 0.2) is 46.0 Å². The van der Waals surface area contributed by atoms with Gasteiger partial charge in [0.05, 0.1) is 11.6 Å². The number of tetrazole rings is 1. The highest BCUT2D eigenvalue weighted by Gasteiger charge is 2.12. The molecule has 0 aliphatic heterocycles. The van der Waals surface area contributed by atoms with E-state index in [0.717, 1.165) is 57.5 Å². The second-order valence-electron chi connectivity index (χ2n) is 6.79. The summed E-state index contributed by atoms with van der Waals surface area (Å²) >= 11 is 5.29. The van der Waals surface area contributed by atoms with Gasteiger partial charge in [0.15, 0.2) is 11.5 Å². The molecule has 30 heavy (non-hydrogen) atoms. The number of halogens is 1. The Morgan fingerprint density at radius 2 is 2.07 bits per heavy atom. The van der Waals surface area contributed by atoms with Crippen LogP contribution in [0.4, 0.5) is 0 Å². The average molecular weight is 492 g/mol. The Balaban J connectivity index is 1.49. The normalized spacial score (nSPS) is 10.9. The van der Waals surface area contributed by atoms with Crippen LogP contribution in [0.3, 0.4) is 0 Å². The molecular formula is C21H26BrN5O2S. The van der Waals surface area contributed by atoms with Crippen LogP contribution < -0.4 is 14.8 Å². The lowest BCUT2D eigenvalue weighted by atomic mass is 10.1. The molecule has 7 nitrogen and oxygen atoms in total. The van der Waals surface area contributed by atoms with Gasteiger partial charge in [0.25, 0.3) is 0 Å². The van der Waals surface area contributed by atoms with Gasteiger partial charge < -0.3 is 14.8 Å². The molecule has 1 aromatic heterocycles. The SMILES string of the molecule is COc1cc(CNCCCSc2nnnn2C)cc(Br)c1OCc1ccccc1C. The van der Waals surface area contributed by atoms with Crippen LogP contribution in [0.2, 0.25) is 0 Å². The number of aryl methyl sites for hydroxylation is 2. The first kappa shape index (κ1) is 22.6. The van der Waals surface area contributed by atoms with Crippen LogP contribution in [0, 0.1) is 6.92 Å². The summed E-state index contributed by atoms with van der Waals surface area (Å²) in [5.74, 6) is 2.40. The molecule has 0 saturated carbocycles. The zero-order chi connectivity index (χ0) is 21.3. The first-order valence-electron chi connectivity index (χ1n) is 9.68. The third kappa shape index (κ3) is 6.20. The zero-order valence-corrected chi connectivity index (χ0v) is 19.8. The first-order valence-corrected chi connectivity index (χ1v) is 11.5. The van der Waals surface area contributed by atoms with E-state index in [4.69, 9.17) is 9.47 Å². The zero-order valence-electron chi connectivity index (χ0n) is 17.4. The van der Waals surface area contributed by atoms with Crippen molar-refractivity contribution >= 4 is 27.7 Å². The third-order valence-electron chi connectivity index (χ3n) is 4.56. The summed E-state index contributed by atoms with van der Waals surface area (Å²) < 4.78 is 14.2. The van der Waals surface area contributed by atoms with Crippen molar-refractivity contribution in [3.8, 4) is 11.5 Å². The number of nitrogens with zero attached hydrogens (tertiary/aromatic N) is 4. The van der Waals surface area contributed by atoms with E-state index in [9.17, 15) is 0 Å². The molecule has 0 aliphatic rings. The molecule has 2 aromatic carbocycles. The minimum atomic E-state index is 0.498. The standard InChI is InChI=1S/C21H26BrN5O2S/c1-15-7-4-5-8-17(15)14-29-20-18(22)11-16(12-19(20)28-3)13-23-9-6-10-30-21-24-25-26-27(21)2/h4-5,7-8,11-12,23H,6,9-10,13-14H2,1-3H3. The fraction of sp³-hybridized carbons (Fsp3) is 0.381. The quantitative estimate of drug-likeness (QED) is 0.319. The topological polar surface area (TPSA) is 74.1 Å². The Morgan fingerprint density at radius 3 is 2.80 bits per heavy atom. The Labute approximate surface area is 189 Å². The van der Waals surface area contributed by atoms with Crippen LogP contribution in [-0.2, 0) is 20.2 Å². The molecule has 0 aliphatic carbocycles. The highest BCUT2D eigenvalue weighted by Crippen LogP contribution is 2.37. The van der Waals surface area contributed by atoms with Gasteiger partial charge in [-0.15, -0.1) is 5.10 Å². The Bertz CT molecular complexity index is 966. The number of methoxy groups -OCH3 is 1. The van der Waals surface area contributed by atoms with Crippen LogP contribution >= 0.6 is 27.7 Å². The summed E-state index contributed by atoms with van der Waals surface area (Å²) in [6, 6.07) is 12.3. The van der Waals surface area contributed by atoms with Crippen molar-refractivity contribution < 1.29 is 9.47 Å². The van der Waals surface area contributed by atoms with E-state index in [-0.39, 0.29) is 0 Å². The van der Waals surface area contributed by atoms with E-state index in [1.165, 1.54) is 5.56 Å². The van der Waals surface area contributed by atoms with Gasteiger partial charge in [-0.2, -0.15) is 0 Å². The summed E-state index contributed by atoms with van der Waals surface area (Å²) in [7, 11) is 3.51. The monoisotopic (exact) mass is 491 g/mol. The minimum Gasteiger partial charge on any atom is -0.493 e. The van der Waals surface area contributed by atoms with Gasteiger partial charge in [-0.1, -0.05) is 36.0 Å². The fourth-order valence-electron chi connectivity index (χ4n) is 2.87. The van der Waals surface area contributed by atoms with Crippen LogP contribution in [-0.4, -0.2) is 39.6 Å². The van der Waals surface area contributed by atoms with Gasteiger partial charge in [0, 0.05) is 19.3 Å². The maximum absolute atomic E-state index is 6.07.